The van der Waals surface area contributed by atoms with E-state index < -0.39 is 0 Å². The van der Waals surface area contributed by atoms with Crippen LogP contribution in [0.1, 0.15) is 0 Å². The molecular formula is C14H13N5. The first kappa shape index (κ1) is 11.3. The molecule has 2 aromatic heterocycles. The summed E-state index contributed by atoms with van der Waals surface area (Å²) in [5, 5.41) is 7.65. The van der Waals surface area contributed by atoms with E-state index in [1.165, 1.54) is 0 Å². The fourth-order valence-electron chi connectivity index (χ4n) is 1.86. The molecule has 0 saturated heterocycles. The third-order valence-corrected chi connectivity index (χ3v) is 2.83. The molecule has 4 N–H and O–H groups in total. The minimum absolute atomic E-state index is 0.565. The number of aromatic nitrogens is 4. The number of anilines is 1. The monoisotopic (exact) mass is 251 g/mol. The van der Waals surface area contributed by atoms with Gasteiger partial charge in [-0.25, -0.2) is 4.98 Å². The number of H-pyrrole nitrogens is 2. The van der Waals surface area contributed by atoms with Crippen LogP contribution in [0.3, 0.4) is 0 Å². The molecule has 0 aliphatic carbocycles. The number of aromatic amines is 2. The van der Waals surface area contributed by atoms with Crippen LogP contribution in [0.25, 0.3) is 21.9 Å². The van der Waals surface area contributed by atoms with E-state index in [1.807, 2.05) is 48.5 Å². The zero-order chi connectivity index (χ0) is 13.1. The number of fused-ring (bicyclic) bond motifs is 2. The van der Waals surface area contributed by atoms with E-state index in [1.54, 1.807) is 6.33 Å². The third-order valence-electron chi connectivity index (χ3n) is 2.83. The highest BCUT2D eigenvalue weighted by atomic mass is 15.1. The Labute approximate surface area is 109 Å². The van der Waals surface area contributed by atoms with Crippen molar-refractivity contribution in [2.45, 2.75) is 0 Å². The summed E-state index contributed by atoms with van der Waals surface area (Å²) in [5.74, 6) is 0.565. The fraction of sp³-hybridized carbons (Fsp3) is 0. The van der Waals surface area contributed by atoms with Gasteiger partial charge in [-0.3, -0.25) is 5.10 Å². The van der Waals surface area contributed by atoms with Crippen molar-refractivity contribution >= 4 is 27.8 Å². The predicted molar refractivity (Wildman–Crippen MR) is 76.6 cm³/mol. The molecule has 2 heterocycles. The molecule has 0 aliphatic rings. The summed E-state index contributed by atoms with van der Waals surface area (Å²) in [6, 6.07) is 15.7. The van der Waals surface area contributed by atoms with Crippen LogP contribution in [0.15, 0.2) is 54.9 Å². The number of nitrogen functional groups attached to an aromatic ring is 1. The van der Waals surface area contributed by atoms with Crippen molar-refractivity contribution in [1.29, 1.82) is 0 Å². The maximum Gasteiger partial charge on any atom is 0.153 e. The Kier molecular flexibility index (Phi) is 2.86. The number of nitrogens with two attached hydrogens (primary N) is 1. The number of imidazole rings is 1. The lowest BCUT2D eigenvalue weighted by Gasteiger charge is -1.84. The number of hydrogen-bond donors (Lipinski definition) is 3. The summed E-state index contributed by atoms with van der Waals surface area (Å²) >= 11 is 0. The van der Waals surface area contributed by atoms with Crippen LogP contribution in [0, 0.1) is 0 Å². The first-order valence-corrected chi connectivity index (χ1v) is 5.91. The summed E-state index contributed by atoms with van der Waals surface area (Å²) < 4.78 is 0. The zero-order valence-corrected chi connectivity index (χ0v) is 10.2. The lowest BCUT2D eigenvalue weighted by atomic mass is 10.2. The van der Waals surface area contributed by atoms with Gasteiger partial charge in [-0.1, -0.05) is 24.3 Å². The molecule has 19 heavy (non-hydrogen) atoms. The molecule has 0 spiro atoms. The van der Waals surface area contributed by atoms with Gasteiger partial charge in [-0.05, 0) is 24.3 Å². The molecule has 0 amide bonds. The van der Waals surface area contributed by atoms with E-state index in [-0.39, 0.29) is 0 Å². The fourth-order valence-corrected chi connectivity index (χ4v) is 1.86. The molecular weight excluding hydrogens is 238 g/mol. The van der Waals surface area contributed by atoms with Gasteiger partial charge in [-0.15, -0.1) is 0 Å². The van der Waals surface area contributed by atoms with E-state index in [0.29, 0.717) is 5.82 Å². The lowest BCUT2D eigenvalue weighted by molar-refractivity contribution is 1.13. The Morgan fingerprint density at radius 2 is 1.63 bits per heavy atom. The second kappa shape index (κ2) is 4.81. The van der Waals surface area contributed by atoms with Gasteiger partial charge in [0.2, 0.25) is 0 Å². The predicted octanol–water partition coefficient (Wildman–Crippen LogP) is 2.71. The average molecular weight is 251 g/mol. The second-order valence-corrected chi connectivity index (χ2v) is 4.07. The second-order valence-electron chi connectivity index (χ2n) is 4.07. The summed E-state index contributed by atoms with van der Waals surface area (Å²) in [5.41, 5.74) is 8.64. The van der Waals surface area contributed by atoms with Crippen LogP contribution >= 0.6 is 0 Å². The van der Waals surface area contributed by atoms with Gasteiger partial charge in [0.25, 0.3) is 0 Å². The largest absolute Gasteiger partial charge is 0.382 e. The average Bonchev–Trinajstić information content (AvgIpc) is 3.07. The van der Waals surface area contributed by atoms with Gasteiger partial charge >= 0.3 is 0 Å². The summed E-state index contributed by atoms with van der Waals surface area (Å²) in [7, 11) is 0. The highest BCUT2D eigenvalue weighted by molar-refractivity contribution is 5.88. The number of rotatable bonds is 0. The molecule has 0 aliphatic heterocycles. The van der Waals surface area contributed by atoms with Gasteiger partial charge in [0.05, 0.1) is 22.9 Å². The molecule has 4 rings (SSSR count). The smallest absolute Gasteiger partial charge is 0.153 e. The molecule has 0 radical (unpaired) electrons. The maximum atomic E-state index is 5.53. The van der Waals surface area contributed by atoms with E-state index >= 15 is 0 Å². The van der Waals surface area contributed by atoms with Gasteiger partial charge in [-0.2, -0.15) is 5.10 Å². The van der Waals surface area contributed by atoms with Crippen molar-refractivity contribution in [3.05, 3.63) is 54.9 Å². The molecule has 5 nitrogen and oxygen atoms in total. The topological polar surface area (TPSA) is 83.4 Å². The van der Waals surface area contributed by atoms with E-state index in [0.717, 1.165) is 21.9 Å². The van der Waals surface area contributed by atoms with Crippen molar-refractivity contribution < 1.29 is 0 Å². The Balaban J connectivity index is 0.000000117. The normalized spacial score (nSPS) is 10.3. The van der Waals surface area contributed by atoms with Crippen molar-refractivity contribution in [3.63, 3.8) is 0 Å². The number of nitrogens with one attached hydrogen (secondary N) is 2. The highest BCUT2D eigenvalue weighted by Gasteiger charge is 1.97. The Morgan fingerprint density at radius 3 is 2.42 bits per heavy atom. The molecule has 0 bridgehead atoms. The number of hydrogen-bond acceptors (Lipinski definition) is 3. The summed E-state index contributed by atoms with van der Waals surface area (Å²) in [6.45, 7) is 0. The maximum absolute atomic E-state index is 5.53. The molecule has 0 saturated carbocycles. The molecule has 0 unspecified atom stereocenters. The standard InChI is InChI=1S/C7H7N3.C7H6N2/c8-7-5-3-1-2-4-6(5)9-10-7;1-2-4-7-6(3-1)8-5-9-7/h1-4H,(H3,8,9,10);1-5H,(H,8,9). The van der Waals surface area contributed by atoms with Crippen molar-refractivity contribution in [2.24, 2.45) is 0 Å². The van der Waals surface area contributed by atoms with E-state index in [4.69, 9.17) is 5.73 Å². The van der Waals surface area contributed by atoms with Crippen molar-refractivity contribution in [1.82, 2.24) is 20.2 Å². The van der Waals surface area contributed by atoms with E-state index in [2.05, 4.69) is 20.2 Å². The number of nitrogens with zero attached hydrogens (tertiary/aromatic N) is 2. The van der Waals surface area contributed by atoms with Crippen molar-refractivity contribution in [3.8, 4) is 0 Å². The molecule has 0 atom stereocenters. The van der Waals surface area contributed by atoms with Gasteiger partial charge in [0.15, 0.2) is 5.82 Å². The van der Waals surface area contributed by atoms with Crippen LogP contribution in [0.4, 0.5) is 5.82 Å². The SMILES string of the molecule is Nc1n[nH]c2ccccc12.c1ccc2[nH]cnc2c1. The molecule has 0 fully saturated rings. The van der Waals surface area contributed by atoms with Crippen LogP contribution in [0.2, 0.25) is 0 Å². The van der Waals surface area contributed by atoms with Gasteiger partial charge in [0, 0.05) is 5.39 Å². The molecule has 4 aromatic rings. The minimum Gasteiger partial charge on any atom is -0.382 e. The molecule has 5 heteroatoms. The van der Waals surface area contributed by atoms with Gasteiger partial charge < -0.3 is 10.7 Å². The first-order chi connectivity index (χ1) is 9.34. The minimum atomic E-state index is 0.565. The molecule has 94 valence electrons. The highest BCUT2D eigenvalue weighted by Crippen LogP contribution is 2.15. The summed E-state index contributed by atoms with van der Waals surface area (Å²) in [6.07, 6.45) is 1.70. The Bertz CT molecular complexity index is 769. The molecule has 2 aromatic carbocycles. The Morgan fingerprint density at radius 1 is 0.895 bits per heavy atom. The summed E-state index contributed by atoms with van der Waals surface area (Å²) in [4.78, 5) is 7.07. The Hall–Kier alpha value is -2.82. The van der Waals surface area contributed by atoms with Crippen molar-refractivity contribution in [2.75, 3.05) is 5.73 Å². The third kappa shape index (κ3) is 2.26. The number of para-hydroxylation sites is 3. The van der Waals surface area contributed by atoms with E-state index in [9.17, 15) is 0 Å². The van der Waals surface area contributed by atoms with Crippen LogP contribution in [0.5, 0.6) is 0 Å². The van der Waals surface area contributed by atoms with Crippen LogP contribution < -0.4 is 5.73 Å². The van der Waals surface area contributed by atoms with Crippen LogP contribution in [-0.2, 0) is 0 Å². The quantitative estimate of drug-likeness (QED) is 0.449. The number of benzene rings is 2. The van der Waals surface area contributed by atoms with Gasteiger partial charge in [0.1, 0.15) is 0 Å². The zero-order valence-electron chi connectivity index (χ0n) is 10.2. The first-order valence-electron chi connectivity index (χ1n) is 5.91. The lowest BCUT2D eigenvalue weighted by Crippen LogP contribution is -1.82. The van der Waals surface area contributed by atoms with Crippen LogP contribution in [-0.4, -0.2) is 20.2 Å².